The van der Waals surface area contributed by atoms with Gasteiger partial charge in [0.15, 0.2) is 11.5 Å². The molecule has 0 amide bonds. The van der Waals surface area contributed by atoms with Gasteiger partial charge in [-0.15, -0.1) is 11.3 Å². The number of ether oxygens (including phenoxy) is 2. The summed E-state index contributed by atoms with van der Waals surface area (Å²) < 4.78 is 14.6. The van der Waals surface area contributed by atoms with Crippen LogP contribution in [0.15, 0.2) is 182 Å². The van der Waals surface area contributed by atoms with Crippen molar-refractivity contribution in [1.82, 2.24) is 4.57 Å². The summed E-state index contributed by atoms with van der Waals surface area (Å²) in [5.41, 5.74) is 19.2. The van der Waals surface area contributed by atoms with Crippen molar-refractivity contribution in [2.45, 2.75) is 33.1 Å². The monoisotopic (exact) mass is 846 g/mol. The first-order chi connectivity index (χ1) is 31.3. The number of aryl methyl sites for hydroxylation is 2. The van der Waals surface area contributed by atoms with Crippen molar-refractivity contribution in [2.24, 2.45) is 0 Å². The molecule has 1 aliphatic heterocycles. The van der Waals surface area contributed by atoms with Gasteiger partial charge in [-0.25, -0.2) is 0 Å². The summed E-state index contributed by atoms with van der Waals surface area (Å²) >= 11 is 1.74. The minimum absolute atomic E-state index is 0.106. The van der Waals surface area contributed by atoms with Crippen LogP contribution in [0, 0.1) is 13.8 Å². The molecule has 0 atom stereocenters. The van der Waals surface area contributed by atoms with E-state index in [1.807, 2.05) is 0 Å². The van der Waals surface area contributed by atoms with Gasteiger partial charge in [-0.1, -0.05) is 129 Å². The molecular formula is C59H46N2O2S. The fourth-order valence-corrected chi connectivity index (χ4v) is 11.3. The second kappa shape index (κ2) is 14.9. The summed E-state index contributed by atoms with van der Waals surface area (Å²) in [5.74, 6) is 1.75. The van der Waals surface area contributed by atoms with Crippen LogP contribution in [-0.2, 0) is 5.41 Å². The Morgan fingerprint density at radius 1 is 0.484 bits per heavy atom. The van der Waals surface area contributed by atoms with Crippen LogP contribution in [0.2, 0.25) is 0 Å². The lowest BCUT2D eigenvalue weighted by Gasteiger charge is -2.28. The molecule has 8 aromatic carbocycles. The Labute approximate surface area is 378 Å². The SMILES string of the molecule is Cc1cc(-c2sc(C)c3c2OCCO3)cc(-n2c3ccccc3c3cc(-c4ccc(N(c5ccc(-c6ccccc6)cc5)c5ccc6c(c5)C(C)(C)c5ccccc5-6)cc4)ccc32)c1. The highest BCUT2D eigenvalue weighted by atomic mass is 32.1. The highest BCUT2D eigenvalue weighted by molar-refractivity contribution is 7.16. The predicted octanol–water partition coefficient (Wildman–Crippen LogP) is 16.0. The predicted molar refractivity (Wildman–Crippen MR) is 268 cm³/mol. The van der Waals surface area contributed by atoms with Gasteiger partial charge in [-0.2, -0.15) is 0 Å². The fraction of sp³-hybridized carbons (Fsp3) is 0.119. The summed E-state index contributed by atoms with van der Waals surface area (Å²) in [6.07, 6.45) is 0. The van der Waals surface area contributed by atoms with Gasteiger partial charge in [0.25, 0.3) is 0 Å². The van der Waals surface area contributed by atoms with Gasteiger partial charge < -0.3 is 18.9 Å². The zero-order chi connectivity index (χ0) is 43.1. The molecule has 12 rings (SSSR count). The van der Waals surface area contributed by atoms with Crippen LogP contribution in [0.1, 0.15) is 35.4 Å². The van der Waals surface area contributed by atoms with Gasteiger partial charge in [0.1, 0.15) is 13.2 Å². The van der Waals surface area contributed by atoms with Crippen LogP contribution in [0.5, 0.6) is 11.5 Å². The standard InChI is InChI=1S/C59H46N2O2S/c1-37-32-43(58-57-56(38(2)64-58)62-30-31-63-57)34-47(33-37)61-54-17-11-9-15-50(54)51-35-42(22-29-55(51)61)41-20-25-45(26-21-41)60(44-23-18-40(19-24-44)39-12-6-5-7-13-39)46-27-28-49-48-14-8-10-16-52(48)59(3,4)53(49)36-46/h5-29,32-36H,30-31H2,1-4H3. The topological polar surface area (TPSA) is 26.6 Å². The van der Waals surface area contributed by atoms with Crippen molar-refractivity contribution in [1.29, 1.82) is 0 Å². The molecule has 2 aromatic heterocycles. The van der Waals surface area contributed by atoms with E-state index < -0.39 is 0 Å². The molecule has 1 aliphatic carbocycles. The molecule has 4 nitrogen and oxygen atoms in total. The normalized spacial score (nSPS) is 13.6. The maximum atomic E-state index is 6.19. The fourth-order valence-electron chi connectivity index (χ4n) is 10.3. The molecule has 10 aromatic rings. The summed E-state index contributed by atoms with van der Waals surface area (Å²) in [6.45, 7) is 10.2. The first kappa shape index (κ1) is 38.3. The van der Waals surface area contributed by atoms with E-state index >= 15 is 0 Å². The molecule has 0 unspecified atom stereocenters. The van der Waals surface area contributed by atoms with Crippen molar-refractivity contribution in [3.8, 4) is 61.0 Å². The molecule has 0 N–H and O–H groups in total. The highest BCUT2D eigenvalue weighted by Crippen LogP contribution is 2.52. The van der Waals surface area contributed by atoms with Gasteiger partial charge >= 0.3 is 0 Å². The third-order valence-corrected chi connectivity index (χ3v) is 14.5. The van der Waals surface area contributed by atoms with E-state index in [1.165, 1.54) is 71.9 Å². The van der Waals surface area contributed by atoms with Crippen LogP contribution < -0.4 is 14.4 Å². The number of hydrogen-bond acceptors (Lipinski definition) is 4. The number of nitrogens with zero attached hydrogens (tertiary/aromatic N) is 2. The molecule has 0 fully saturated rings. The Kier molecular flexibility index (Phi) is 8.92. The average Bonchev–Trinajstić information content (AvgIpc) is 3.94. The summed E-state index contributed by atoms with van der Waals surface area (Å²) in [4.78, 5) is 4.67. The Morgan fingerprint density at radius 3 is 1.88 bits per heavy atom. The highest BCUT2D eigenvalue weighted by Gasteiger charge is 2.36. The first-order valence-electron chi connectivity index (χ1n) is 22.2. The smallest absolute Gasteiger partial charge is 0.180 e. The number of benzene rings is 8. The first-order valence-corrected chi connectivity index (χ1v) is 23.0. The molecule has 0 saturated carbocycles. The second-order valence-corrected chi connectivity index (χ2v) is 18.9. The van der Waals surface area contributed by atoms with Crippen molar-refractivity contribution in [3.63, 3.8) is 0 Å². The van der Waals surface area contributed by atoms with Gasteiger partial charge in [-0.3, -0.25) is 0 Å². The maximum Gasteiger partial charge on any atom is 0.180 e. The second-order valence-electron chi connectivity index (χ2n) is 17.7. The van der Waals surface area contributed by atoms with E-state index in [2.05, 4.69) is 219 Å². The Hall–Kier alpha value is -7.34. The molecule has 0 spiro atoms. The quantitative estimate of drug-likeness (QED) is 0.160. The van der Waals surface area contributed by atoms with Crippen molar-refractivity contribution >= 4 is 50.2 Å². The van der Waals surface area contributed by atoms with E-state index in [1.54, 1.807) is 11.3 Å². The Bertz CT molecular complexity index is 3430. The van der Waals surface area contributed by atoms with Gasteiger partial charge in [0.2, 0.25) is 0 Å². The van der Waals surface area contributed by atoms with Crippen LogP contribution in [0.3, 0.4) is 0 Å². The lowest BCUT2D eigenvalue weighted by molar-refractivity contribution is 0.173. The number of thiophene rings is 1. The number of rotatable bonds is 7. The number of para-hydroxylation sites is 1. The molecule has 2 aliphatic rings. The van der Waals surface area contributed by atoms with Gasteiger partial charge in [0, 0.05) is 43.8 Å². The number of anilines is 3. The molecule has 3 heterocycles. The Balaban J connectivity index is 0.936. The van der Waals surface area contributed by atoms with E-state index in [0.29, 0.717) is 13.2 Å². The molecule has 0 saturated heterocycles. The molecule has 310 valence electrons. The van der Waals surface area contributed by atoms with E-state index in [-0.39, 0.29) is 5.41 Å². The average molecular weight is 847 g/mol. The minimum atomic E-state index is -0.106. The van der Waals surface area contributed by atoms with Crippen molar-refractivity contribution in [3.05, 3.63) is 204 Å². The number of aromatic nitrogens is 1. The zero-order valence-corrected chi connectivity index (χ0v) is 37.2. The van der Waals surface area contributed by atoms with E-state index in [0.717, 1.165) is 49.6 Å². The maximum absolute atomic E-state index is 6.19. The lowest BCUT2D eigenvalue weighted by atomic mass is 9.82. The van der Waals surface area contributed by atoms with Crippen LogP contribution in [0.25, 0.3) is 71.3 Å². The minimum Gasteiger partial charge on any atom is -0.485 e. The number of fused-ring (bicyclic) bond motifs is 7. The molecular weight excluding hydrogens is 801 g/mol. The third-order valence-electron chi connectivity index (χ3n) is 13.3. The zero-order valence-electron chi connectivity index (χ0n) is 36.4. The Morgan fingerprint density at radius 2 is 1.09 bits per heavy atom. The largest absolute Gasteiger partial charge is 0.485 e. The number of hydrogen-bond donors (Lipinski definition) is 0. The third kappa shape index (κ3) is 6.17. The van der Waals surface area contributed by atoms with Gasteiger partial charge in [0.05, 0.1) is 15.9 Å². The lowest BCUT2D eigenvalue weighted by Crippen LogP contribution is -2.16. The van der Waals surface area contributed by atoms with E-state index in [4.69, 9.17) is 9.47 Å². The molecule has 0 bridgehead atoms. The van der Waals surface area contributed by atoms with Crippen molar-refractivity contribution in [2.75, 3.05) is 18.1 Å². The van der Waals surface area contributed by atoms with E-state index in [9.17, 15) is 0 Å². The van der Waals surface area contributed by atoms with Gasteiger partial charge in [-0.05, 0) is 136 Å². The van der Waals surface area contributed by atoms with Crippen LogP contribution in [-0.4, -0.2) is 17.8 Å². The molecule has 5 heteroatoms. The summed E-state index contributed by atoms with van der Waals surface area (Å²) in [7, 11) is 0. The van der Waals surface area contributed by atoms with Crippen molar-refractivity contribution < 1.29 is 9.47 Å². The summed E-state index contributed by atoms with van der Waals surface area (Å²) in [5, 5.41) is 2.45. The van der Waals surface area contributed by atoms with Crippen LogP contribution >= 0.6 is 11.3 Å². The van der Waals surface area contributed by atoms with Crippen LogP contribution in [0.4, 0.5) is 17.1 Å². The summed E-state index contributed by atoms with van der Waals surface area (Å²) in [6, 6.07) is 67.1. The molecule has 0 radical (unpaired) electrons. The molecule has 64 heavy (non-hydrogen) atoms.